The second-order valence-corrected chi connectivity index (χ2v) is 7.49. The van der Waals surface area contributed by atoms with Crippen molar-refractivity contribution in [3.05, 3.63) is 82.7 Å². The molecule has 0 N–H and O–H groups in total. The normalized spacial score (nSPS) is 13.6. The molecular formula is C23H25N3O. The van der Waals surface area contributed by atoms with Crippen LogP contribution < -0.4 is 0 Å². The average Bonchev–Trinajstić information content (AvgIpc) is 3.43. The highest BCUT2D eigenvalue weighted by molar-refractivity contribution is 5.95. The van der Waals surface area contributed by atoms with Crippen molar-refractivity contribution in [3.63, 3.8) is 0 Å². The largest absolute Gasteiger partial charge is 0.331 e. The van der Waals surface area contributed by atoms with Crippen molar-refractivity contribution < 1.29 is 4.79 Å². The van der Waals surface area contributed by atoms with Crippen molar-refractivity contribution in [1.29, 1.82) is 0 Å². The van der Waals surface area contributed by atoms with Gasteiger partial charge in [-0.05, 0) is 50.8 Å². The Labute approximate surface area is 160 Å². The molecule has 4 heteroatoms. The molecule has 0 aliphatic heterocycles. The van der Waals surface area contributed by atoms with Crippen LogP contribution in [0.3, 0.4) is 0 Å². The van der Waals surface area contributed by atoms with E-state index in [1.807, 2.05) is 34.7 Å². The molecule has 0 radical (unpaired) electrons. The third-order valence-corrected chi connectivity index (χ3v) is 5.31. The Hall–Kier alpha value is -2.88. The van der Waals surface area contributed by atoms with Crippen LogP contribution in [0.4, 0.5) is 0 Å². The SMILES string of the molecule is Cc1ccc(CN(C(=O)c2cnn(-c3ccccc3C)c2C)C2CC2)cc1. The van der Waals surface area contributed by atoms with Crippen LogP contribution in [0.25, 0.3) is 5.69 Å². The highest BCUT2D eigenvalue weighted by atomic mass is 16.2. The molecule has 1 aromatic heterocycles. The van der Waals surface area contributed by atoms with Gasteiger partial charge < -0.3 is 4.90 Å². The van der Waals surface area contributed by atoms with Gasteiger partial charge in [0, 0.05) is 12.6 Å². The lowest BCUT2D eigenvalue weighted by Crippen LogP contribution is -2.32. The average molecular weight is 359 g/mol. The molecular weight excluding hydrogens is 334 g/mol. The number of carbonyl (C=O) groups excluding carboxylic acids is 1. The number of para-hydroxylation sites is 1. The first-order valence-corrected chi connectivity index (χ1v) is 9.52. The summed E-state index contributed by atoms with van der Waals surface area (Å²) in [6.07, 6.45) is 3.89. The molecule has 1 aliphatic carbocycles. The molecule has 0 spiro atoms. The van der Waals surface area contributed by atoms with E-state index in [4.69, 9.17) is 0 Å². The van der Waals surface area contributed by atoms with Crippen molar-refractivity contribution in [3.8, 4) is 5.69 Å². The highest BCUT2D eigenvalue weighted by Gasteiger charge is 2.34. The molecule has 0 saturated heterocycles. The quantitative estimate of drug-likeness (QED) is 0.667. The third-order valence-electron chi connectivity index (χ3n) is 5.31. The first-order valence-electron chi connectivity index (χ1n) is 9.52. The van der Waals surface area contributed by atoms with Crippen molar-refractivity contribution in [2.24, 2.45) is 0 Å². The van der Waals surface area contributed by atoms with Crippen LogP contribution in [0.2, 0.25) is 0 Å². The molecule has 4 nitrogen and oxygen atoms in total. The Morgan fingerprint density at radius 2 is 1.78 bits per heavy atom. The lowest BCUT2D eigenvalue weighted by molar-refractivity contribution is 0.0729. The Balaban J connectivity index is 1.63. The summed E-state index contributed by atoms with van der Waals surface area (Å²) in [5.74, 6) is 0.0791. The van der Waals surface area contributed by atoms with Gasteiger partial charge in [-0.3, -0.25) is 4.79 Å². The second kappa shape index (κ2) is 7.03. The zero-order valence-corrected chi connectivity index (χ0v) is 16.1. The molecule has 4 rings (SSSR count). The summed E-state index contributed by atoms with van der Waals surface area (Å²) >= 11 is 0. The number of hydrogen-bond donors (Lipinski definition) is 0. The third kappa shape index (κ3) is 3.52. The number of benzene rings is 2. The minimum absolute atomic E-state index is 0.0791. The van der Waals surface area contributed by atoms with Crippen LogP contribution in [0.5, 0.6) is 0 Å². The lowest BCUT2D eigenvalue weighted by atomic mass is 10.1. The molecule has 1 heterocycles. The Kier molecular flexibility index (Phi) is 4.56. The van der Waals surface area contributed by atoms with Gasteiger partial charge in [0.05, 0.1) is 23.1 Å². The Bertz CT molecular complexity index is 968. The second-order valence-electron chi connectivity index (χ2n) is 7.49. The lowest BCUT2D eigenvalue weighted by Gasteiger charge is -2.22. The van der Waals surface area contributed by atoms with Gasteiger partial charge in [-0.1, -0.05) is 48.0 Å². The summed E-state index contributed by atoms with van der Waals surface area (Å²) in [4.78, 5) is 15.3. The van der Waals surface area contributed by atoms with Crippen LogP contribution in [0, 0.1) is 20.8 Å². The maximum absolute atomic E-state index is 13.3. The van der Waals surface area contributed by atoms with Crippen molar-refractivity contribution in [2.45, 2.75) is 46.2 Å². The summed E-state index contributed by atoms with van der Waals surface area (Å²) in [5.41, 5.74) is 6.15. The number of aromatic nitrogens is 2. The molecule has 27 heavy (non-hydrogen) atoms. The van der Waals surface area contributed by atoms with Gasteiger partial charge >= 0.3 is 0 Å². The summed E-state index contributed by atoms with van der Waals surface area (Å²) in [6, 6.07) is 16.9. The topological polar surface area (TPSA) is 38.1 Å². The van der Waals surface area contributed by atoms with E-state index >= 15 is 0 Å². The predicted octanol–water partition coefficient (Wildman–Crippen LogP) is 4.60. The van der Waals surface area contributed by atoms with E-state index < -0.39 is 0 Å². The van der Waals surface area contributed by atoms with Gasteiger partial charge in [0.2, 0.25) is 0 Å². The number of hydrogen-bond acceptors (Lipinski definition) is 2. The number of rotatable bonds is 5. The Morgan fingerprint density at radius 3 is 2.44 bits per heavy atom. The van der Waals surface area contributed by atoms with Gasteiger partial charge in [0.15, 0.2) is 0 Å². The summed E-state index contributed by atoms with van der Waals surface area (Å²) < 4.78 is 1.87. The molecule has 1 amide bonds. The highest BCUT2D eigenvalue weighted by Crippen LogP contribution is 2.31. The zero-order valence-electron chi connectivity index (χ0n) is 16.1. The summed E-state index contributed by atoms with van der Waals surface area (Å²) in [7, 11) is 0. The smallest absolute Gasteiger partial charge is 0.257 e. The summed E-state index contributed by atoms with van der Waals surface area (Å²) in [5, 5.41) is 4.52. The van der Waals surface area contributed by atoms with E-state index in [-0.39, 0.29) is 5.91 Å². The molecule has 1 fully saturated rings. The van der Waals surface area contributed by atoms with Crippen molar-refractivity contribution in [2.75, 3.05) is 0 Å². The molecule has 138 valence electrons. The number of amides is 1. The number of nitrogens with zero attached hydrogens (tertiary/aromatic N) is 3. The first kappa shape index (κ1) is 17.5. The number of aryl methyl sites for hydroxylation is 2. The van der Waals surface area contributed by atoms with Crippen LogP contribution in [0.1, 0.15) is 45.6 Å². The van der Waals surface area contributed by atoms with Gasteiger partial charge in [-0.15, -0.1) is 0 Å². The molecule has 1 saturated carbocycles. The van der Waals surface area contributed by atoms with Crippen LogP contribution in [-0.2, 0) is 6.54 Å². The molecule has 0 unspecified atom stereocenters. The van der Waals surface area contributed by atoms with Crippen molar-refractivity contribution in [1.82, 2.24) is 14.7 Å². The van der Waals surface area contributed by atoms with E-state index in [1.165, 1.54) is 11.1 Å². The monoisotopic (exact) mass is 359 g/mol. The van der Waals surface area contributed by atoms with E-state index in [0.29, 0.717) is 18.2 Å². The fourth-order valence-electron chi connectivity index (χ4n) is 3.46. The summed E-state index contributed by atoms with van der Waals surface area (Å²) in [6.45, 7) is 6.77. The zero-order chi connectivity index (χ0) is 19.0. The van der Waals surface area contributed by atoms with Gasteiger partial charge in [-0.25, -0.2) is 4.68 Å². The molecule has 0 atom stereocenters. The Morgan fingerprint density at radius 1 is 1.07 bits per heavy atom. The van der Waals surface area contributed by atoms with E-state index in [9.17, 15) is 4.79 Å². The maximum atomic E-state index is 13.3. The van der Waals surface area contributed by atoms with Gasteiger partial charge in [0.1, 0.15) is 0 Å². The van der Waals surface area contributed by atoms with Crippen LogP contribution in [0.15, 0.2) is 54.7 Å². The molecule has 2 aromatic carbocycles. The van der Waals surface area contributed by atoms with Crippen LogP contribution >= 0.6 is 0 Å². The number of carbonyl (C=O) groups is 1. The minimum Gasteiger partial charge on any atom is -0.331 e. The maximum Gasteiger partial charge on any atom is 0.257 e. The minimum atomic E-state index is 0.0791. The van der Waals surface area contributed by atoms with Crippen LogP contribution in [-0.4, -0.2) is 26.6 Å². The molecule has 0 bridgehead atoms. The van der Waals surface area contributed by atoms with Crippen molar-refractivity contribution >= 4 is 5.91 Å². The van der Waals surface area contributed by atoms with E-state index in [0.717, 1.165) is 29.8 Å². The van der Waals surface area contributed by atoms with Gasteiger partial charge in [-0.2, -0.15) is 5.10 Å². The predicted molar refractivity (Wildman–Crippen MR) is 107 cm³/mol. The fraction of sp³-hybridized carbons (Fsp3) is 0.304. The molecule has 1 aliphatic rings. The first-order chi connectivity index (χ1) is 13.0. The molecule has 3 aromatic rings. The van der Waals surface area contributed by atoms with Gasteiger partial charge in [0.25, 0.3) is 5.91 Å². The van der Waals surface area contributed by atoms with E-state index in [2.05, 4.69) is 49.3 Å². The van der Waals surface area contributed by atoms with E-state index in [1.54, 1.807) is 6.20 Å². The standard InChI is InChI=1S/C23H25N3O/c1-16-8-10-19(11-9-16)15-25(20-12-13-20)23(27)21-14-24-26(18(21)3)22-7-5-4-6-17(22)2/h4-11,14,20H,12-13,15H2,1-3H3. The fourth-order valence-corrected chi connectivity index (χ4v) is 3.46.